The maximum absolute atomic E-state index is 12.6. The van der Waals surface area contributed by atoms with Gasteiger partial charge in [-0.25, -0.2) is 8.42 Å². The Kier molecular flexibility index (Phi) is 4.56. The second-order valence-corrected chi connectivity index (χ2v) is 6.88. The van der Waals surface area contributed by atoms with Crippen molar-refractivity contribution in [2.75, 3.05) is 4.72 Å². The van der Waals surface area contributed by atoms with Gasteiger partial charge in [-0.1, -0.05) is 29.8 Å². The number of nitrogens with one attached hydrogen (secondary N) is 1. The fourth-order valence-electron chi connectivity index (χ4n) is 2.04. The third-order valence-corrected chi connectivity index (χ3v) is 5.14. The largest absolute Gasteiger partial charge is 0.326 e. The normalized spacial score (nSPS) is 11.4. The highest BCUT2D eigenvalue weighted by Crippen LogP contribution is 2.27. The molecule has 0 radical (unpaired) electrons. The quantitative estimate of drug-likeness (QED) is 0.907. The summed E-state index contributed by atoms with van der Waals surface area (Å²) in [6.07, 6.45) is 0. The van der Waals surface area contributed by atoms with Gasteiger partial charge in [0.2, 0.25) is 0 Å². The molecule has 0 saturated heterocycles. The zero-order valence-corrected chi connectivity index (χ0v) is 13.4. The van der Waals surface area contributed by atoms with Crippen LogP contribution in [0, 0.1) is 13.8 Å². The molecule has 0 aliphatic heterocycles. The van der Waals surface area contributed by atoms with E-state index in [9.17, 15) is 8.42 Å². The predicted octanol–water partition coefficient (Wildman–Crippen LogP) is 3.22. The SMILES string of the molecule is Cc1cc(CN)cc(S(=O)(=O)Nc2ccccc2Cl)c1C. The van der Waals surface area contributed by atoms with Crippen LogP contribution in [0.1, 0.15) is 16.7 Å². The summed E-state index contributed by atoms with van der Waals surface area (Å²) < 4.78 is 27.7. The molecule has 2 aromatic rings. The van der Waals surface area contributed by atoms with E-state index in [1.807, 2.05) is 13.0 Å². The zero-order chi connectivity index (χ0) is 15.6. The van der Waals surface area contributed by atoms with E-state index < -0.39 is 10.0 Å². The number of nitrogens with two attached hydrogens (primary N) is 1. The second-order valence-electron chi connectivity index (χ2n) is 4.83. The highest BCUT2D eigenvalue weighted by molar-refractivity contribution is 7.92. The average molecular weight is 325 g/mol. The molecule has 21 heavy (non-hydrogen) atoms. The Morgan fingerprint density at radius 1 is 1.19 bits per heavy atom. The second kappa shape index (κ2) is 6.05. The molecule has 6 heteroatoms. The van der Waals surface area contributed by atoms with Gasteiger partial charge in [0, 0.05) is 6.54 Å². The molecule has 2 rings (SSSR count). The van der Waals surface area contributed by atoms with E-state index in [-0.39, 0.29) is 11.4 Å². The van der Waals surface area contributed by atoms with Crippen molar-refractivity contribution in [3.8, 4) is 0 Å². The van der Waals surface area contributed by atoms with Crippen LogP contribution < -0.4 is 10.5 Å². The van der Waals surface area contributed by atoms with Gasteiger partial charge in [-0.05, 0) is 48.7 Å². The number of sulfonamides is 1. The first-order valence-corrected chi connectivity index (χ1v) is 8.29. The molecule has 2 aromatic carbocycles. The van der Waals surface area contributed by atoms with Gasteiger partial charge in [0.25, 0.3) is 10.0 Å². The van der Waals surface area contributed by atoms with Crippen molar-refractivity contribution in [3.63, 3.8) is 0 Å². The Balaban J connectivity index is 2.50. The first-order valence-electron chi connectivity index (χ1n) is 6.42. The summed E-state index contributed by atoms with van der Waals surface area (Å²) >= 11 is 6.00. The Hall–Kier alpha value is -1.56. The standard InChI is InChI=1S/C15H17ClN2O2S/c1-10-7-12(9-17)8-15(11(10)2)21(19,20)18-14-6-4-3-5-13(14)16/h3-8,18H,9,17H2,1-2H3. The lowest BCUT2D eigenvalue weighted by Crippen LogP contribution is -2.16. The van der Waals surface area contributed by atoms with Crippen LogP contribution in [0.25, 0.3) is 0 Å². The number of para-hydroxylation sites is 1. The molecule has 0 spiro atoms. The lowest BCUT2D eigenvalue weighted by Gasteiger charge is -2.14. The Labute approximate surface area is 130 Å². The number of aryl methyl sites for hydroxylation is 1. The Bertz CT molecular complexity index is 773. The minimum Gasteiger partial charge on any atom is -0.326 e. The van der Waals surface area contributed by atoms with Crippen molar-refractivity contribution in [2.45, 2.75) is 25.3 Å². The molecule has 0 unspecified atom stereocenters. The van der Waals surface area contributed by atoms with Gasteiger partial charge < -0.3 is 5.73 Å². The summed E-state index contributed by atoms with van der Waals surface area (Å²) in [5.41, 5.74) is 8.34. The summed E-state index contributed by atoms with van der Waals surface area (Å²) in [6.45, 7) is 3.93. The summed E-state index contributed by atoms with van der Waals surface area (Å²) in [6, 6.07) is 10.2. The molecule has 112 valence electrons. The van der Waals surface area contributed by atoms with E-state index in [1.54, 1.807) is 37.3 Å². The van der Waals surface area contributed by atoms with E-state index in [0.29, 0.717) is 16.3 Å². The van der Waals surface area contributed by atoms with Gasteiger partial charge in [-0.15, -0.1) is 0 Å². The van der Waals surface area contributed by atoms with Gasteiger partial charge in [0.15, 0.2) is 0 Å². The number of benzene rings is 2. The molecule has 0 atom stereocenters. The van der Waals surface area contributed by atoms with Crippen molar-refractivity contribution in [2.24, 2.45) is 5.73 Å². The van der Waals surface area contributed by atoms with E-state index in [0.717, 1.165) is 11.1 Å². The fraction of sp³-hybridized carbons (Fsp3) is 0.200. The lowest BCUT2D eigenvalue weighted by atomic mass is 10.1. The molecule has 4 nitrogen and oxygen atoms in total. The number of hydrogen-bond donors (Lipinski definition) is 2. The van der Waals surface area contributed by atoms with Crippen LogP contribution in [-0.4, -0.2) is 8.42 Å². The lowest BCUT2D eigenvalue weighted by molar-refractivity contribution is 0.600. The van der Waals surface area contributed by atoms with Crippen LogP contribution in [0.2, 0.25) is 5.02 Å². The summed E-state index contributed by atoms with van der Waals surface area (Å²) in [5.74, 6) is 0. The number of rotatable bonds is 4. The third-order valence-electron chi connectivity index (χ3n) is 3.32. The van der Waals surface area contributed by atoms with Gasteiger partial charge in [-0.2, -0.15) is 0 Å². The molecule has 0 aromatic heterocycles. The third kappa shape index (κ3) is 3.37. The molecular formula is C15H17ClN2O2S. The van der Waals surface area contributed by atoms with Gasteiger partial charge in [-0.3, -0.25) is 4.72 Å². The van der Waals surface area contributed by atoms with Crippen LogP contribution in [0.15, 0.2) is 41.3 Å². The van der Waals surface area contributed by atoms with Gasteiger partial charge >= 0.3 is 0 Å². The molecule has 0 aliphatic carbocycles. The first-order chi connectivity index (χ1) is 9.85. The minimum atomic E-state index is -3.71. The maximum atomic E-state index is 12.6. The zero-order valence-electron chi connectivity index (χ0n) is 11.9. The summed E-state index contributed by atoms with van der Waals surface area (Å²) in [5, 5.41) is 0.352. The first kappa shape index (κ1) is 15.8. The van der Waals surface area contributed by atoms with Crippen LogP contribution in [-0.2, 0) is 16.6 Å². The molecule has 0 bridgehead atoms. The molecule has 0 aliphatic rings. The highest BCUT2D eigenvalue weighted by Gasteiger charge is 2.19. The molecule has 0 saturated carbocycles. The molecule has 0 fully saturated rings. The van der Waals surface area contributed by atoms with Crippen LogP contribution >= 0.6 is 11.6 Å². The average Bonchev–Trinajstić information content (AvgIpc) is 2.43. The summed E-state index contributed by atoms with van der Waals surface area (Å²) in [4.78, 5) is 0.225. The van der Waals surface area contributed by atoms with E-state index in [2.05, 4.69) is 4.72 Å². The topological polar surface area (TPSA) is 72.2 Å². The Morgan fingerprint density at radius 2 is 1.86 bits per heavy atom. The van der Waals surface area contributed by atoms with Gasteiger partial charge in [0.05, 0.1) is 15.6 Å². The molecule has 3 N–H and O–H groups in total. The maximum Gasteiger partial charge on any atom is 0.262 e. The van der Waals surface area contributed by atoms with Crippen LogP contribution in [0.4, 0.5) is 5.69 Å². The van der Waals surface area contributed by atoms with E-state index in [4.69, 9.17) is 17.3 Å². The van der Waals surface area contributed by atoms with E-state index >= 15 is 0 Å². The van der Waals surface area contributed by atoms with Crippen LogP contribution in [0.3, 0.4) is 0 Å². The van der Waals surface area contributed by atoms with Crippen molar-refractivity contribution >= 4 is 27.3 Å². The molecular weight excluding hydrogens is 308 g/mol. The molecule has 0 heterocycles. The smallest absolute Gasteiger partial charge is 0.262 e. The highest BCUT2D eigenvalue weighted by atomic mass is 35.5. The number of anilines is 1. The van der Waals surface area contributed by atoms with Crippen molar-refractivity contribution in [1.82, 2.24) is 0 Å². The molecule has 0 amide bonds. The number of hydrogen-bond acceptors (Lipinski definition) is 3. The predicted molar refractivity (Wildman–Crippen MR) is 86.1 cm³/mol. The van der Waals surface area contributed by atoms with E-state index in [1.165, 1.54) is 0 Å². The summed E-state index contributed by atoms with van der Waals surface area (Å²) in [7, 11) is -3.71. The van der Waals surface area contributed by atoms with Crippen molar-refractivity contribution in [1.29, 1.82) is 0 Å². The van der Waals surface area contributed by atoms with Crippen LogP contribution in [0.5, 0.6) is 0 Å². The minimum absolute atomic E-state index is 0.225. The Morgan fingerprint density at radius 3 is 2.48 bits per heavy atom. The fourth-order valence-corrected chi connectivity index (χ4v) is 3.73. The van der Waals surface area contributed by atoms with Crippen molar-refractivity contribution in [3.05, 3.63) is 58.1 Å². The van der Waals surface area contributed by atoms with Crippen molar-refractivity contribution < 1.29 is 8.42 Å². The van der Waals surface area contributed by atoms with Gasteiger partial charge in [0.1, 0.15) is 0 Å². The monoisotopic (exact) mass is 324 g/mol. The number of halogens is 1.